The predicted octanol–water partition coefficient (Wildman–Crippen LogP) is 4.53. The van der Waals surface area contributed by atoms with Crippen molar-refractivity contribution in [1.82, 2.24) is 14.9 Å². The highest BCUT2D eigenvalue weighted by Crippen LogP contribution is 2.31. The van der Waals surface area contributed by atoms with E-state index in [-0.39, 0.29) is 11.8 Å². The molecule has 0 saturated carbocycles. The van der Waals surface area contributed by atoms with E-state index in [0.29, 0.717) is 6.54 Å². The van der Waals surface area contributed by atoms with Gasteiger partial charge in [0.25, 0.3) is 0 Å². The van der Waals surface area contributed by atoms with Gasteiger partial charge in [0.15, 0.2) is 5.69 Å². The van der Waals surface area contributed by atoms with Crippen molar-refractivity contribution in [3.05, 3.63) is 40.6 Å². The van der Waals surface area contributed by atoms with Gasteiger partial charge in [-0.05, 0) is 59.0 Å². The Balaban J connectivity index is 2.28. The van der Waals surface area contributed by atoms with E-state index in [2.05, 4.69) is 20.6 Å². The van der Waals surface area contributed by atoms with Crippen molar-refractivity contribution in [2.45, 2.75) is 33.4 Å². The summed E-state index contributed by atoms with van der Waals surface area (Å²) >= 11 is 0. The zero-order chi connectivity index (χ0) is 20.2. The molecule has 0 atom stereocenters. The Bertz CT molecular complexity index is 764. The van der Waals surface area contributed by atoms with Crippen LogP contribution in [-0.4, -0.2) is 42.1 Å². The fraction of sp³-hybridized carbons (Fsp3) is 0.474. The SMILES string of the molecule is Cc1cc(C)c(Nc2cc(C(F)(F)F)nc(NCCCN(C)C)n2)c(C)c1. The quantitative estimate of drug-likeness (QED) is 0.690. The van der Waals surface area contributed by atoms with Crippen LogP contribution in [-0.2, 0) is 6.18 Å². The normalized spacial score (nSPS) is 11.7. The minimum atomic E-state index is -4.54. The zero-order valence-electron chi connectivity index (χ0n) is 16.3. The highest BCUT2D eigenvalue weighted by atomic mass is 19.4. The molecule has 0 aliphatic heterocycles. The van der Waals surface area contributed by atoms with Gasteiger partial charge < -0.3 is 15.5 Å². The Morgan fingerprint density at radius 3 is 2.19 bits per heavy atom. The minimum Gasteiger partial charge on any atom is -0.354 e. The molecule has 2 N–H and O–H groups in total. The molecule has 2 aromatic rings. The molecule has 0 bridgehead atoms. The zero-order valence-corrected chi connectivity index (χ0v) is 16.3. The van der Waals surface area contributed by atoms with Crippen molar-refractivity contribution in [3.8, 4) is 0 Å². The van der Waals surface area contributed by atoms with E-state index in [1.807, 2.05) is 51.9 Å². The smallest absolute Gasteiger partial charge is 0.354 e. The van der Waals surface area contributed by atoms with Gasteiger partial charge in [-0.2, -0.15) is 18.2 Å². The van der Waals surface area contributed by atoms with Crippen LogP contribution in [0, 0.1) is 20.8 Å². The monoisotopic (exact) mass is 381 g/mol. The molecule has 148 valence electrons. The molecule has 0 aliphatic rings. The first kappa shape index (κ1) is 21.0. The van der Waals surface area contributed by atoms with Crippen LogP contribution in [0.2, 0.25) is 0 Å². The summed E-state index contributed by atoms with van der Waals surface area (Å²) in [6.07, 6.45) is -3.78. The number of hydrogen-bond acceptors (Lipinski definition) is 5. The van der Waals surface area contributed by atoms with Crippen LogP contribution >= 0.6 is 0 Å². The molecule has 1 heterocycles. The molecule has 5 nitrogen and oxygen atoms in total. The molecule has 8 heteroatoms. The summed E-state index contributed by atoms with van der Waals surface area (Å²) in [6.45, 7) is 7.11. The Hall–Kier alpha value is -2.35. The number of aromatic nitrogens is 2. The van der Waals surface area contributed by atoms with E-state index < -0.39 is 11.9 Å². The van der Waals surface area contributed by atoms with E-state index >= 15 is 0 Å². The molecule has 0 unspecified atom stereocenters. The molecule has 0 fully saturated rings. The third-order valence-corrected chi connectivity index (χ3v) is 4.01. The lowest BCUT2D eigenvalue weighted by Crippen LogP contribution is -2.18. The van der Waals surface area contributed by atoms with Gasteiger partial charge in [0.05, 0.1) is 0 Å². The van der Waals surface area contributed by atoms with Crippen LogP contribution in [0.3, 0.4) is 0 Å². The summed E-state index contributed by atoms with van der Waals surface area (Å²) in [5.74, 6) is 0.0796. The van der Waals surface area contributed by atoms with Gasteiger partial charge in [-0.3, -0.25) is 0 Å². The van der Waals surface area contributed by atoms with Gasteiger partial charge in [-0.25, -0.2) is 4.98 Å². The summed E-state index contributed by atoms with van der Waals surface area (Å²) < 4.78 is 39.7. The summed E-state index contributed by atoms with van der Waals surface area (Å²) in [5, 5.41) is 5.92. The first-order valence-corrected chi connectivity index (χ1v) is 8.76. The third-order valence-electron chi connectivity index (χ3n) is 4.01. The fourth-order valence-electron chi connectivity index (χ4n) is 2.84. The first-order chi connectivity index (χ1) is 12.6. The molecule has 0 aliphatic carbocycles. The number of halogens is 3. The van der Waals surface area contributed by atoms with Crippen molar-refractivity contribution in [2.24, 2.45) is 0 Å². The maximum atomic E-state index is 13.2. The standard InChI is InChI=1S/C19H26F3N5/c1-12-9-13(2)17(14(3)10-12)25-16-11-15(19(20,21)22)24-18(26-16)23-7-6-8-27(4)5/h9-11H,6-8H2,1-5H3,(H2,23,24,25,26). The maximum Gasteiger partial charge on any atom is 0.433 e. The molecular weight excluding hydrogens is 355 g/mol. The number of benzene rings is 1. The van der Waals surface area contributed by atoms with Gasteiger partial charge in [-0.1, -0.05) is 17.7 Å². The molecule has 0 amide bonds. The second-order valence-electron chi connectivity index (χ2n) is 6.94. The first-order valence-electron chi connectivity index (χ1n) is 8.76. The van der Waals surface area contributed by atoms with Crippen molar-refractivity contribution < 1.29 is 13.2 Å². The molecule has 0 radical (unpaired) electrons. The largest absolute Gasteiger partial charge is 0.433 e. The van der Waals surface area contributed by atoms with Crippen molar-refractivity contribution in [2.75, 3.05) is 37.8 Å². The molecule has 27 heavy (non-hydrogen) atoms. The molecule has 0 spiro atoms. The molecule has 2 rings (SSSR count). The van der Waals surface area contributed by atoms with E-state index in [4.69, 9.17) is 0 Å². The van der Waals surface area contributed by atoms with E-state index in [1.165, 1.54) is 0 Å². The number of anilines is 3. The van der Waals surface area contributed by atoms with E-state index in [1.54, 1.807) is 0 Å². The Morgan fingerprint density at radius 1 is 1.00 bits per heavy atom. The lowest BCUT2D eigenvalue weighted by atomic mass is 10.1. The van der Waals surface area contributed by atoms with Gasteiger partial charge in [0, 0.05) is 18.3 Å². The average Bonchev–Trinajstić information content (AvgIpc) is 2.54. The predicted molar refractivity (Wildman–Crippen MR) is 103 cm³/mol. The van der Waals surface area contributed by atoms with Gasteiger partial charge in [0.1, 0.15) is 5.82 Å². The third kappa shape index (κ3) is 6.09. The lowest BCUT2D eigenvalue weighted by molar-refractivity contribution is -0.141. The van der Waals surface area contributed by atoms with Crippen LogP contribution in [0.1, 0.15) is 28.8 Å². The Kier molecular flexibility index (Phi) is 6.64. The van der Waals surface area contributed by atoms with Crippen LogP contribution in [0.15, 0.2) is 18.2 Å². The van der Waals surface area contributed by atoms with Gasteiger partial charge >= 0.3 is 6.18 Å². The number of nitrogens with zero attached hydrogens (tertiary/aromatic N) is 3. The minimum absolute atomic E-state index is 0.0338. The summed E-state index contributed by atoms with van der Waals surface area (Å²) in [7, 11) is 3.88. The van der Waals surface area contributed by atoms with Crippen molar-refractivity contribution in [3.63, 3.8) is 0 Å². The molecule has 0 saturated heterocycles. The fourth-order valence-corrected chi connectivity index (χ4v) is 2.84. The van der Waals surface area contributed by atoms with E-state index in [0.717, 1.165) is 41.4 Å². The van der Waals surface area contributed by atoms with E-state index in [9.17, 15) is 13.2 Å². The molecular formula is C19H26F3N5. The summed E-state index contributed by atoms with van der Waals surface area (Å²) in [5.41, 5.74) is 2.77. The second kappa shape index (κ2) is 8.56. The number of nitrogens with one attached hydrogen (secondary N) is 2. The van der Waals surface area contributed by atoms with Crippen LogP contribution < -0.4 is 10.6 Å². The lowest BCUT2D eigenvalue weighted by Gasteiger charge is -2.16. The number of aryl methyl sites for hydroxylation is 3. The topological polar surface area (TPSA) is 53.1 Å². The Labute approximate surface area is 158 Å². The highest BCUT2D eigenvalue weighted by molar-refractivity contribution is 5.66. The number of hydrogen-bond donors (Lipinski definition) is 2. The number of rotatable bonds is 7. The maximum absolute atomic E-state index is 13.2. The second-order valence-corrected chi connectivity index (χ2v) is 6.94. The average molecular weight is 381 g/mol. The van der Waals surface area contributed by atoms with Crippen LogP contribution in [0.4, 0.5) is 30.6 Å². The van der Waals surface area contributed by atoms with Crippen LogP contribution in [0.5, 0.6) is 0 Å². The molecule has 1 aromatic carbocycles. The van der Waals surface area contributed by atoms with Gasteiger partial charge in [0.2, 0.25) is 5.95 Å². The summed E-state index contributed by atoms with van der Waals surface area (Å²) in [4.78, 5) is 9.84. The Morgan fingerprint density at radius 2 is 1.63 bits per heavy atom. The molecule has 1 aromatic heterocycles. The number of alkyl halides is 3. The van der Waals surface area contributed by atoms with Crippen molar-refractivity contribution in [1.29, 1.82) is 0 Å². The highest BCUT2D eigenvalue weighted by Gasteiger charge is 2.33. The van der Waals surface area contributed by atoms with Gasteiger partial charge in [-0.15, -0.1) is 0 Å². The van der Waals surface area contributed by atoms with Crippen molar-refractivity contribution >= 4 is 17.5 Å². The summed E-state index contributed by atoms with van der Waals surface area (Å²) in [6, 6.07) is 4.88. The van der Waals surface area contributed by atoms with Crippen LogP contribution in [0.25, 0.3) is 0 Å².